The Bertz CT molecular complexity index is 1150. The molecule has 0 aliphatic carbocycles. The molecule has 1 aliphatic rings. The first-order chi connectivity index (χ1) is 13.9. The molecule has 3 aromatic rings. The molecule has 9 heteroatoms. The fraction of sp³-hybridized carbons (Fsp3) is 0.200. The minimum absolute atomic E-state index is 0.0519. The first kappa shape index (κ1) is 19.1. The van der Waals surface area contributed by atoms with Crippen molar-refractivity contribution in [2.24, 2.45) is 0 Å². The second-order valence-corrected chi connectivity index (χ2v) is 8.93. The van der Waals surface area contributed by atoms with E-state index in [1.54, 1.807) is 19.2 Å². The zero-order chi connectivity index (χ0) is 20.6. The Labute approximate surface area is 167 Å². The maximum absolute atomic E-state index is 13.0. The van der Waals surface area contributed by atoms with Gasteiger partial charge in [-0.1, -0.05) is 12.1 Å². The van der Waals surface area contributed by atoms with E-state index in [0.717, 1.165) is 17.7 Å². The summed E-state index contributed by atoms with van der Waals surface area (Å²) in [7, 11) is -2.06. The van der Waals surface area contributed by atoms with E-state index in [1.165, 1.54) is 17.0 Å². The van der Waals surface area contributed by atoms with Crippen molar-refractivity contribution in [2.45, 2.75) is 10.1 Å². The van der Waals surface area contributed by atoms with Gasteiger partial charge in [-0.05, 0) is 42.5 Å². The van der Waals surface area contributed by atoms with Gasteiger partial charge in [0.05, 0.1) is 17.7 Å². The van der Waals surface area contributed by atoms with Gasteiger partial charge in [0.2, 0.25) is 0 Å². The number of para-hydroxylation sites is 1. The molecule has 0 spiro atoms. The Morgan fingerprint density at radius 2 is 1.86 bits per heavy atom. The lowest BCUT2D eigenvalue weighted by Crippen LogP contribution is -2.56. The molecule has 0 bridgehead atoms. The van der Waals surface area contributed by atoms with Crippen LogP contribution in [0.3, 0.4) is 0 Å². The van der Waals surface area contributed by atoms with Gasteiger partial charge in [-0.2, -0.15) is 5.10 Å². The molecule has 0 atom stereocenters. The molecule has 0 unspecified atom stereocenters. The van der Waals surface area contributed by atoms with E-state index in [0.29, 0.717) is 11.4 Å². The molecule has 7 nitrogen and oxygen atoms in total. The highest BCUT2D eigenvalue weighted by Crippen LogP contribution is 2.29. The normalized spacial score (nSPS) is 14.5. The van der Waals surface area contributed by atoms with Crippen LogP contribution >= 0.6 is 0 Å². The fourth-order valence-electron chi connectivity index (χ4n) is 3.21. The Morgan fingerprint density at radius 3 is 2.55 bits per heavy atom. The Balaban J connectivity index is 1.46. The molecule has 150 valence electrons. The summed E-state index contributed by atoms with van der Waals surface area (Å²) < 4.78 is 43.5. The summed E-state index contributed by atoms with van der Waals surface area (Å²) in [4.78, 5) is 14.1. The summed E-state index contributed by atoms with van der Waals surface area (Å²) in [6.07, 6.45) is 0. The maximum atomic E-state index is 13.0. The number of H-pyrrole nitrogens is 1. The zero-order valence-electron chi connectivity index (χ0n) is 15.5. The number of likely N-dealkylation sites (tertiary alicyclic amines) is 1. The van der Waals surface area contributed by atoms with E-state index >= 15 is 0 Å². The van der Waals surface area contributed by atoms with Crippen LogP contribution in [-0.4, -0.2) is 54.9 Å². The smallest absolute Gasteiger partial charge is 0.271 e. The molecule has 1 fully saturated rings. The number of methoxy groups -OCH3 is 1. The van der Waals surface area contributed by atoms with E-state index in [4.69, 9.17) is 4.74 Å². The first-order valence-corrected chi connectivity index (χ1v) is 10.4. The lowest BCUT2D eigenvalue weighted by atomic mass is 10.1. The van der Waals surface area contributed by atoms with Gasteiger partial charge in [-0.15, -0.1) is 0 Å². The monoisotopic (exact) mass is 415 g/mol. The third kappa shape index (κ3) is 3.49. The average Bonchev–Trinajstić information content (AvgIpc) is 3.17. The predicted octanol–water partition coefficient (Wildman–Crippen LogP) is 2.52. The molecule has 1 N–H and O–H groups in total. The fourth-order valence-corrected chi connectivity index (χ4v) is 4.87. The number of aromatic nitrogens is 2. The average molecular weight is 415 g/mol. The minimum atomic E-state index is -3.62. The Hall–Kier alpha value is -3.20. The Kier molecular flexibility index (Phi) is 4.83. The summed E-state index contributed by atoms with van der Waals surface area (Å²) in [6.45, 7) is 0.142. The van der Waals surface area contributed by atoms with Crippen LogP contribution in [0.4, 0.5) is 4.39 Å². The van der Waals surface area contributed by atoms with Crippen molar-refractivity contribution < 1.29 is 22.3 Å². The van der Waals surface area contributed by atoms with Crippen molar-refractivity contribution in [3.8, 4) is 17.0 Å². The number of carbonyl (C=O) groups excluding carboxylic acids is 1. The first-order valence-electron chi connectivity index (χ1n) is 8.87. The number of aromatic amines is 1. The van der Waals surface area contributed by atoms with Crippen LogP contribution in [0, 0.1) is 5.82 Å². The van der Waals surface area contributed by atoms with Gasteiger partial charge >= 0.3 is 0 Å². The molecule has 1 aromatic heterocycles. The van der Waals surface area contributed by atoms with E-state index in [1.807, 2.05) is 18.2 Å². The van der Waals surface area contributed by atoms with E-state index < -0.39 is 20.9 Å². The number of nitrogens with one attached hydrogen (secondary N) is 1. The van der Waals surface area contributed by atoms with Crippen molar-refractivity contribution >= 4 is 15.7 Å². The number of ether oxygens (including phenoxy) is 1. The lowest BCUT2D eigenvalue weighted by Gasteiger charge is -2.38. The molecule has 1 saturated heterocycles. The molecule has 0 radical (unpaired) electrons. The standard InChI is InChI=1S/C20H18FN3O4S/c1-28-19-5-3-2-4-16(19)17-10-18(23-22-17)20(25)24-11-15(12-24)29(26,27)14-8-6-13(21)7-9-14/h2-10,15H,11-12H2,1H3,(H,22,23). The number of hydrogen-bond donors (Lipinski definition) is 1. The third-order valence-corrected chi connectivity index (χ3v) is 7.01. The molecule has 1 amide bonds. The van der Waals surface area contributed by atoms with Gasteiger partial charge in [0.15, 0.2) is 9.84 Å². The molecule has 1 aliphatic heterocycles. The van der Waals surface area contributed by atoms with E-state index in [-0.39, 0.29) is 29.6 Å². The highest BCUT2D eigenvalue weighted by atomic mass is 32.2. The van der Waals surface area contributed by atoms with Crippen LogP contribution in [0.5, 0.6) is 5.75 Å². The third-order valence-electron chi connectivity index (χ3n) is 4.91. The van der Waals surface area contributed by atoms with Crippen LogP contribution < -0.4 is 4.74 Å². The van der Waals surface area contributed by atoms with Gasteiger partial charge in [0.1, 0.15) is 22.5 Å². The van der Waals surface area contributed by atoms with Crippen LogP contribution in [-0.2, 0) is 9.84 Å². The van der Waals surface area contributed by atoms with Gasteiger partial charge in [0, 0.05) is 18.7 Å². The summed E-state index contributed by atoms with van der Waals surface area (Å²) in [6, 6.07) is 13.6. The lowest BCUT2D eigenvalue weighted by molar-refractivity contribution is 0.0652. The summed E-state index contributed by atoms with van der Waals surface area (Å²) in [5, 5.41) is 6.17. The second kappa shape index (κ2) is 7.32. The number of nitrogens with zero attached hydrogens (tertiary/aromatic N) is 2. The van der Waals surface area contributed by atoms with Crippen molar-refractivity contribution in [1.82, 2.24) is 15.1 Å². The van der Waals surface area contributed by atoms with Gasteiger partial charge in [0.25, 0.3) is 5.91 Å². The van der Waals surface area contributed by atoms with Gasteiger partial charge in [-0.3, -0.25) is 9.89 Å². The summed E-state index contributed by atoms with van der Waals surface area (Å²) in [5.41, 5.74) is 1.57. The van der Waals surface area contributed by atoms with E-state index in [9.17, 15) is 17.6 Å². The number of benzene rings is 2. The molecule has 29 heavy (non-hydrogen) atoms. The summed E-state index contributed by atoms with van der Waals surface area (Å²) >= 11 is 0. The number of halogens is 1. The summed E-state index contributed by atoms with van der Waals surface area (Å²) in [5.74, 6) is -0.198. The number of amides is 1. The molecular weight excluding hydrogens is 397 g/mol. The quantitative estimate of drug-likeness (QED) is 0.647. The van der Waals surface area contributed by atoms with Crippen molar-refractivity contribution in [2.75, 3.05) is 20.2 Å². The van der Waals surface area contributed by atoms with Gasteiger partial charge < -0.3 is 9.64 Å². The van der Waals surface area contributed by atoms with Crippen molar-refractivity contribution in [1.29, 1.82) is 0 Å². The molecule has 4 rings (SSSR count). The number of rotatable bonds is 5. The highest BCUT2D eigenvalue weighted by Gasteiger charge is 2.41. The zero-order valence-corrected chi connectivity index (χ0v) is 16.3. The van der Waals surface area contributed by atoms with Crippen molar-refractivity contribution in [3.63, 3.8) is 0 Å². The van der Waals surface area contributed by atoms with E-state index in [2.05, 4.69) is 10.2 Å². The number of hydrogen-bond acceptors (Lipinski definition) is 5. The highest BCUT2D eigenvalue weighted by molar-refractivity contribution is 7.92. The topological polar surface area (TPSA) is 92.4 Å². The SMILES string of the molecule is COc1ccccc1-c1cc(C(=O)N2CC(S(=O)(=O)c3ccc(F)cc3)C2)[nH]n1. The molecule has 2 heterocycles. The molecule has 2 aromatic carbocycles. The van der Waals surface area contributed by atoms with Crippen LogP contribution in [0.2, 0.25) is 0 Å². The molecular formula is C20H18FN3O4S. The largest absolute Gasteiger partial charge is 0.496 e. The minimum Gasteiger partial charge on any atom is -0.496 e. The predicted molar refractivity (Wildman–Crippen MR) is 104 cm³/mol. The number of carbonyl (C=O) groups is 1. The van der Waals surface area contributed by atoms with Crippen LogP contribution in [0.25, 0.3) is 11.3 Å². The maximum Gasteiger partial charge on any atom is 0.271 e. The Morgan fingerprint density at radius 1 is 1.17 bits per heavy atom. The van der Waals surface area contributed by atoms with Crippen LogP contribution in [0.1, 0.15) is 10.5 Å². The number of sulfone groups is 1. The second-order valence-electron chi connectivity index (χ2n) is 6.70. The molecule has 0 saturated carbocycles. The van der Waals surface area contributed by atoms with Crippen molar-refractivity contribution in [3.05, 3.63) is 66.1 Å². The van der Waals surface area contributed by atoms with Crippen LogP contribution in [0.15, 0.2) is 59.5 Å². The van der Waals surface area contributed by atoms with Gasteiger partial charge in [-0.25, -0.2) is 12.8 Å².